The van der Waals surface area contributed by atoms with E-state index in [-0.39, 0.29) is 25.2 Å². The number of carbonyl (C=O) groups is 5. The lowest BCUT2D eigenvalue weighted by molar-refractivity contribution is -0.144. The molecule has 0 heterocycles. The molecule has 1 aromatic rings. The molecule has 35 heavy (non-hydrogen) atoms. The third-order valence-electron chi connectivity index (χ3n) is 5.51. The Kier molecular flexibility index (Phi) is 12.4. The highest BCUT2D eigenvalue weighted by molar-refractivity contribution is 5.94. The molecule has 0 aliphatic rings. The van der Waals surface area contributed by atoms with Crippen LogP contribution in [0.25, 0.3) is 0 Å². The Balaban J connectivity index is 3.00. The molecule has 0 spiro atoms. The fourth-order valence-electron chi connectivity index (χ4n) is 3.15. The second kappa shape index (κ2) is 14.7. The van der Waals surface area contributed by atoms with E-state index in [1.54, 1.807) is 44.2 Å². The predicted octanol–water partition coefficient (Wildman–Crippen LogP) is -1.00. The molecule has 0 saturated carbocycles. The Morgan fingerprint density at radius 2 is 1.49 bits per heavy atom. The lowest BCUT2D eigenvalue weighted by Crippen LogP contribution is -2.59. The minimum Gasteiger partial charge on any atom is -0.481 e. The molecular weight excluding hydrogens is 460 g/mol. The first-order valence-corrected chi connectivity index (χ1v) is 11.3. The number of carboxylic acids is 2. The number of aliphatic carboxylic acids is 2. The van der Waals surface area contributed by atoms with E-state index < -0.39 is 60.4 Å². The topological polar surface area (TPSA) is 208 Å². The van der Waals surface area contributed by atoms with Crippen molar-refractivity contribution in [2.75, 3.05) is 6.61 Å². The minimum absolute atomic E-state index is 0.0233. The van der Waals surface area contributed by atoms with E-state index in [1.807, 2.05) is 0 Å². The van der Waals surface area contributed by atoms with Crippen LogP contribution in [0.1, 0.15) is 38.7 Å². The lowest BCUT2D eigenvalue weighted by atomic mass is 9.98. The molecule has 12 nitrogen and oxygen atoms in total. The number of hydrogen-bond acceptors (Lipinski definition) is 7. The number of carboxylic acid groups (broad SMARTS) is 2. The van der Waals surface area contributed by atoms with Crippen LogP contribution in [0.4, 0.5) is 0 Å². The Bertz CT molecular complexity index is 880. The summed E-state index contributed by atoms with van der Waals surface area (Å²) >= 11 is 0. The van der Waals surface area contributed by atoms with Gasteiger partial charge in [0.2, 0.25) is 17.7 Å². The SMILES string of the molecule is CCC(C)C(NC(=O)C(Cc1ccccc1)NC(=O)C(CO)NC(=O)C(N)CCC(=O)O)C(=O)O. The molecule has 1 aromatic carbocycles. The van der Waals surface area contributed by atoms with Gasteiger partial charge in [-0.25, -0.2) is 4.79 Å². The molecule has 5 atom stereocenters. The molecule has 0 saturated heterocycles. The van der Waals surface area contributed by atoms with Gasteiger partial charge in [-0.3, -0.25) is 19.2 Å². The molecule has 0 aliphatic carbocycles. The Labute approximate surface area is 203 Å². The maximum absolute atomic E-state index is 13.0. The van der Waals surface area contributed by atoms with Crippen LogP contribution in [0.2, 0.25) is 0 Å². The molecule has 0 aliphatic heterocycles. The monoisotopic (exact) mass is 494 g/mol. The third kappa shape index (κ3) is 10.1. The van der Waals surface area contributed by atoms with Gasteiger partial charge in [-0.05, 0) is 17.9 Å². The average molecular weight is 495 g/mol. The van der Waals surface area contributed by atoms with E-state index in [4.69, 9.17) is 10.8 Å². The first kappa shape index (κ1) is 29.5. The summed E-state index contributed by atoms with van der Waals surface area (Å²) < 4.78 is 0. The summed E-state index contributed by atoms with van der Waals surface area (Å²) in [6.07, 6.45) is -0.0137. The summed E-state index contributed by atoms with van der Waals surface area (Å²) in [5, 5.41) is 35.0. The van der Waals surface area contributed by atoms with E-state index in [9.17, 15) is 34.2 Å². The van der Waals surface area contributed by atoms with Gasteiger partial charge in [0, 0.05) is 12.8 Å². The van der Waals surface area contributed by atoms with Crippen molar-refractivity contribution in [3.63, 3.8) is 0 Å². The van der Waals surface area contributed by atoms with Gasteiger partial charge in [-0.1, -0.05) is 50.6 Å². The number of nitrogens with two attached hydrogens (primary N) is 1. The van der Waals surface area contributed by atoms with Gasteiger partial charge < -0.3 is 37.0 Å². The molecule has 12 heteroatoms. The molecule has 0 aromatic heterocycles. The minimum atomic E-state index is -1.46. The van der Waals surface area contributed by atoms with E-state index in [2.05, 4.69) is 16.0 Å². The largest absolute Gasteiger partial charge is 0.481 e. The summed E-state index contributed by atoms with van der Waals surface area (Å²) in [6.45, 7) is 2.65. The van der Waals surface area contributed by atoms with E-state index in [1.165, 1.54) is 0 Å². The summed E-state index contributed by atoms with van der Waals surface area (Å²) in [5.74, 6) is -5.20. The molecule has 194 valence electrons. The van der Waals surface area contributed by atoms with Gasteiger partial charge in [0.05, 0.1) is 12.6 Å². The maximum atomic E-state index is 13.0. The number of benzene rings is 1. The van der Waals surface area contributed by atoms with Crippen molar-refractivity contribution >= 4 is 29.7 Å². The Morgan fingerprint density at radius 3 is 2.00 bits per heavy atom. The van der Waals surface area contributed by atoms with Crippen LogP contribution < -0.4 is 21.7 Å². The maximum Gasteiger partial charge on any atom is 0.326 e. The molecule has 1 rings (SSSR count). The number of aliphatic hydroxyl groups excluding tert-OH is 1. The molecular formula is C23H34N4O8. The molecule has 8 N–H and O–H groups in total. The quantitative estimate of drug-likeness (QED) is 0.159. The molecule has 3 amide bonds. The van der Waals surface area contributed by atoms with E-state index in [0.717, 1.165) is 0 Å². The van der Waals surface area contributed by atoms with Crippen LogP contribution in [0.15, 0.2) is 30.3 Å². The highest BCUT2D eigenvalue weighted by Gasteiger charge is 2.32. The molecule has 0 bridgehead atoms. The van der Waals surface area contributed by atoms with Crippen LogP contribution in [-0.2, 0) is 30.4 Å². The fraction of sp³-hybridized carbons (Fsp3) is 0.522. The van der Waals surface area contributed by atoms with Crippen molar-refractivity contribution in [1.82, 2.24) is 16.0 Å². The number of rotatable bonds is 15. The highest BCUT2D eigenvalue weighted by atomic mass is 16.4. The van der Waals surface area contributed by atoms with Crippen molar-refractivity contribution in [1.29, 1.82) is 0 Å². The van der Waals surface area contributed by atoms with Crippen LogP contribution in [0.3, 0.4) is 0 Å². The zero-order valence-corrected chi connectivity index (χ0v) is 19.8. The molecule has 5 unspecified atom stereocenters. The summed E-state index contributed by atoms with van der Waals surface area (Å²) in [6, 6.07) is 3.63. The Hall–Kier alpha value is -3.51. The van der Waals surface area contributed by atoms with Crippen LogP contribution >= 0.6 is 0 Å². The van der Waals surface area contributed by atoms with Crippen molar-refractivity contribution in [3.05, 3.63) is 35.9 Å². The average Bonchev–Trinajstić information content (AvgIpc) is 2.83. The van der Waals surface area contributed by atoms with Gasteiger partial charge in [0.15, 0.2) is 0 Å². The van der Waals surface area contributed by atoms with E-state index >= 15 is 0 Å². The van der Waals surface area contributed by atoms with Gasteiger partial charge >= 0.3 is 11.9 Å². The van der Waals surface area contributed by atoms with Crippen molar-refractivity contribution in [2.45, 2.75) is 63.7 Å². The second-order valence-electron chi connectivity index (χ2n) is 8.24. The van der Waals surface area contributed by atoms with Crippen molar-refractivity contribution in [2.24, 2.45) is 11.7 Å². The van der Waals surface area contributed by atoms with Gasteiger partial charge in [-0.2, -0.15) is 0 Å². The second-order valence-corrected chi connectivity index (χ2v) is 8.24. The summed E-state index contributed by atoms with van der Waals surface area (Å²) in [7, 11) is 0. The van der Waals surface area contributed by atoms with Crippen molar-refractivity contribution < 1.29 is 39.3 Å². The predicted molar refractivity (Wildman–Crippen MR) is 125 cm³/mol. The zero-order chi connectivity index (χ0) is 26.5. The first-order chi connectivity index (χ1) is 16.5. The Morgan fingerprint density at radius 1 is 0.914 bits per heavy atom. The normalized spacial score (nSPS) is 15.1. The van der Waals surface area contributed by atoms with Gasteiger partial charge in [0.25, 0.3) is 0 Å². The fourth-order valence-corrected chi connectivity index (χ4v) is 3.15. The summed E-state index contributed by atoms with van der Waals surface area (Å²) in [5.41, 5.74) is 6.32. The smallest absolute Gasteiger partial charge is 0.326 e. The zero-order valence-electron chi connectivity index (χ0n) is 19.8. The number of carbonyl (C=O) groups excluding carboxylic acids is 3. The molecule has 0 radical (unpaired) electrons. The summed E-state index contributed by atoms with van der Waals surface area (Å²) in [4.78, 5) is 60.3. The number of aliphatic hydroxyl groups is 1. The van der Waals surface area contributed by atoms with E-state index in [0.29, 0.717) is 12.0 Å². The van der Waals surface area contributed by atoms with Crippen molar-refractivity contribution in [3.8, 4) is 0 Å². The first-order valence-electron chi connectivity index (χ1n) is 11.3. The number of nitrogens with one attached hydrogen (secondary N) is 3. The van der Waals surface area contributed by atoms with Gasteiger partial charge in [0.1, 0.15) is 18.1 Å². The lowest BCUT2D eigenvalue weighted by Gasteiger charge is -2.26. The van der Waals surface area contributed by atoms with Crippen LogP contribution in [0, 0.1) is 5.92 Å². The van der Waals surface area contributed by atoms with Crippen LogP contribution in [0.5, 0.6) is 0 Å². The van der Waals surface area contributed by atoms with Gasteiger partial charge in [-0.15, -0.1) is 0 Å². The van der Waals surface area contributed by atoms with Crippen LogP contribution in [-0.4, -0.2) is 75.8 Å². The standard InChI is InChI=1S/C23H34N4O8/c1-3-13(2)19(23(34)35)27-21(32)16(11-14-7-5-4-6-8-14)25-22(33)17(12-28)26-20(31)15(24)9-10-18(29)30/h4-8,13,15-17,19,28H,3,9-12,24H2,1-2H3,(H,25,33)(H,26,31)(H,27,32)(H,29,30)(H,34,35). The molecule has 0 fully saturated rings. The number of hydrogen-bond donors (Lipinski definition) is 7. The number of amides is 3. The highest BCUT2D eigenvalue weighted by Crippen LogP contribution is 2.10. The third-order valence-corrected chi connectivity index (χ3v) is 5.51.